The Hall–Kier alpha value is -4.41. The molecule has 11 heteroatoms. The molecule has 2 aromatic heterocycles. The van der Waals surface area contributed by atoms with E-state index >= 15 is 0 Å². The van der Waals surface area contributed by atoms with Crippen LogP contribution in [0.3, 0.4) is 0 Å². The molecule has 11 nitrogen and oxygen atoms in total. The monoisotopic (exact) mass is 491 g/mol. The molecule has 1 aliphatic heterocycles. The van der Waals surface area contributed by atoms with Crippen LogP contribution in [0.5, 0.6) is 0 Å². The van der Waals surface area contributed by atoms with Crippen molar-refractivity contribution < 1.29 is 19.5 Å². The Morgan fingerprint density at radius 3 is 2.56 bits per heavy atom. The zero-order valence-electron chi connectivity index (χ0n) is 20.0. The molecule has 1 aromatic carbocycles. The van der Waals surface area contributed by atoms with E-state index < -0.39 is 18.0 Å². The molecule has 3 amide bonds. The molecule has 1 atom stereocenters. The number of imidazole rings is 1. The molecule has 4 rings (SSSR count). The lowest BCUT2D eigenvalue weighted by molar-refractivity contribution is 0.0990. The highest BCUT2D eigenvalue weighted by Gasteiger charge is 2.33. The minimum absolute atomic E-state index is 0.0302. The molecule has 0 unspecified atom stereocenters. The lowest BCUT2D eigenvalue weighted by Gasteiger charge is -2.26. The van der Waals surface area contributed by atoms with E-state index in [4.69, 9.17) is 11.6 Å². The molecule has 1 fully saturated rings. The number of nitrogens with two attached hydrogens (primary N) is 2. The van der Waals surface area contributed by atoms with Crippen LogP contribution in [0.25, 0.3) is 11.3 Å². The van der Waals surface area contributed by atoms with Crippen LogP contribution in [-0.2, 0) is 6.42 Å². The van der Waals surface area contributed by atoms with Crippen LogP contribution >= 0.6 is 0 Å². The molecular weight excluding hydrogens is 462 g/mol. The third kappa shape index (κ3) is 4.99. The molecule has 6 N–H and O–H groups in total. The van der Waals surface area contributed by atoms with Gasteiger partial charge in [-0.25, -0.2) is 19.4 Å². The number of pyridine rings is 1. The summed E-state index contributed by atoms with van der Waals surface area (Å²) in [6.45, 7) is 2.37. The van der Waals surface area contributed by atoms with E-state index in [-0.39, 0.29) is 23.1 Å². The van der Waals surface area contributed by atoms with Crippen molar-refractivity contribution in [1.29, 1.82) is 0 Å². The average Bonchev–Trinajstić information content (AvgIpc) is 3.03. The Morgan fingerprint density at radius 2 is 1.89 bits per heavy atom. The second kappa shape index (κ2) is 10.5. The van der Waals surface area contributed by atoms with Crippen LogP contribution in [-0.4, -0.2) is 49.1 Å². The standard InChI is InChI=1S/C25H29N7O4/c1-2-15-11-12-28-19(14-15)29-24(34)17-9-7-16(8-10-17)20-21(22(26)33)32(27)23(30-20)18-6-4-3-5-13-31(18)25(35)36/h7-12,14,18H,2-6,13,27H2,1H3,(H2,26,33)(H,35,36)(H,28,29,34)/t18-/m0/s1. The van der Waals surface area contributed by atoms with Crippen molar-refractivity contribution in [3.05, 3.63) is 65.2 Å². The molecule has 3 heterocycles. The second-order valence-corrected chi connectivity index (χ2v) is 8.68. The smallest absolute Gasteiger partial charge is 0.407 e. The summed E-state index contributed by atoms with van der Waals surface area (Å²) in [4.78, 5) is 47.0. The van der Waals surface area contributed by atoms with E-state index in [2.05, 4.69) is 15.3 Å². The number of likely N-dealkylation sites (tertiary alicyclic amines) is 1. The maximum Gasteiger partial charge on any atom is 0.407 e. The van der Waals surface area contributed by atoms with Crippen LogP contribution in [0.4, 0.5) is 10.6 Å². The molecule has 0 spiro atoms. The summed E-state index contributed by atoms with van der Waals surface area (Å²) >= 11 is 0. The van der Waals surface area contributed by atoms with E-state index in [1.807, 2.05) is 19.1 Å². The highest BCUT2D eigenvalue weighted by atomic mass is 16.4. The number of carbonyl (C=O) groups is 3. The van der Waals surface area contributed by atoms with E-state index in [1.165, 1.54) is 4.90 Å². The number of carbonyl (C=O) groups excluding carboxylic acids is 2. The van der Waals surface area contributed by atoms with Gasteiger partial charge in [-0.05, 0) is 49.1 Å². The van der Waals surface area contributed by atoms with Crippen molar-refractivity contribution >= 4 is 23.7 Å². The number of nitrogens with one attached hydrogen (secondary N) is 1. The highest BCUT2D eigenvalue weighted by molar-refractivity contribution is 6.04. The zero-order valence-corrected chi connectivity index (χ0v) is 20.0. The number of primary amides is 1. The molecule has 0 aliphatic carbocycles. The number of rotatable bonds is 6. The molecule has 1 aliphatic rings. The minimum Gasteiger partial charge on any atom is -0.465 e. The highest BCUT2D eigenvalue weighted by Crippen LogP contribution is 2.33. The summed E-state index contributed by atoms with van der Waals surface area (Å²) in [7, 11) is 0. The number of anilines is 1. The Labute approximate surface area is 208 Å². The van der Waals surface area contributed by atoms with Crippen LogP contribution in [0.1, 0.15) is 70.9 Å². The van der Waals surface area contributed by atoms with Gasteiger partial charge >= 0.3 is 6.09 Å². The number of hydrogen-bond donors (Lipinski definition) is 4. The molecular formula is C25H29N7O4. The number of amides is 3. The molecule has 0 bridgehead atoms. The van der Waals surface area contributed by atoms with Gasteiger partial charge in [0.05, 0.1) is 6.04 Å². The van der Waals surface area contributed by atoms with Gasteiger partial charge in [0.15, 0.2) is 11.5 Å². The van der Waals surface area contributed by atoms with Gasteiger partial charge in [-0.3, -0.25) is 14.5 Å². The Balaban J connectivity index is 1.64. The summed E-state index contributed by atoms with van der Waals surface area (Å²) in [5.74, 6) is 5.83. The zero-order chi connectivity index (χ0) is 25.8. The third-order valence-corrected chi connectivity index (χ3v) is 6.36. The number of aromatic nitrogens is 3. The first kappa shape index (κ1) is 24.7. The number of nitrogen functional groups attached to an aromatic ring is 1. The third-order valence-electron chi connectivity index (χ3n) is 6.36. The predicted octanol–water partition coefficient (Wildman–Crippen LogP) is 3.17. The van der Waals surface area contributed by atoms with E-state index in [1.54, 1.807) is 30.5 Å². The molecule has 0 radical (unpaired) electrons. The number of aryl methyl sites for hydroxylation is 1. The maximum atomic E-state index is 12.7. The van der Waals surface area contributed by atoms with Crippen molar-refractivity contribution in [3.63, 3.8) is 0 Å². The quantitative estimate of drug-likeness (QED) is 0.384. The predicted molar refractivity (Wildman–Crippen MR) is 134 cm³/mol. The summed E-state index contributed by atoms with van der Waals surface area (Å²) in [5, 5.41) is 12.5. The normalized spacial score (nSPS) is 15.8. The minimum atomic E-state index is -1.07. The number of nitrogens with zero attached hydrogens (tertiary/aromatic N) is 4. The van der Waals surface area contributed by atoms with Crippen molar-refractivity contribution in [2.45, 2.75) is 45.1 Å². The van der Waals surface area contributed by atoms with Gasteiger partial charge in [0.2, 0.25) is 0 Å². The van der Waals surface area contributed by atoms with E-state index in [9.17, 15) is 19.5 Å². The first-order valence-electron chi connectivity index (χ1n) is 11.8. The van der Waals surface area contributed by atoms with Crippen LogP contribution < -0.4 is 16.9 Å². The van der Waals surface area contributed by atoms with Crippen LogP contribution in [0.2, 0.25) is 0 Å². The second-order valence-electron chi connectivity index (χ2n) is 8.68. The molecule has 188 valence electrons. The Kier molecular flexibility index (Phi) is 7.18. The summed E-state index contributed by atoms with van der Waals surface area (Å²) in [6.07, 6.45) is 4.37. The van der Waals surface area contributed by atoms with Crippen molar-refractivity contribution in [3.8, 4) is 11.3 Å². The lowest BCUT2D eigenvalue weighted by Crippen LogP contribution is -2.36. The largest absolute Gasteiger partial charge is 0.465 e. The summed E-state index contributed by atoms with van der Waals surface area (Å²) in [5.41, 5.74) is 7.79. The fourth-order valence-corrected chi connectivity index (χ4v) is 4.46. The lowest BCUT2D eigenvalue weighted by atomic mass is 10.1. The Bertz CT molecular complexity index is 1290. The maximum absolute atomic E-state index is 12.7. The number of carboxylic acid groups (broad SMARTS) is 1. The number of hydrogen-bond acceptors (Lipinski definition) is 6. The molecule has 1 saturated heterocycles. The summed E-state index contributed by atoms with van der Waals surface area (Å²) < 4.78 is 1.09. The fraction of sp³-hybridized carbons (Fsp3) is 0.320. The topological polar surface area (TPSA) is 169 Å². The van der Waals surface area contributed by atoms with Gasteiger partial charge in [0.25, 0.3) is 11.8 Å². The molecule has 3 aromatic rings. The molecule has 0 saturated carbocycles. The summed E-state index contributed by atoms with van der Waals surface area (Å²) in [6, 6.07) is 9.59. The first-order chi connectivity index (χ1) is 17.3. The van der Waals surface area contributed by atoms with E-state index in [0.717, 1.165) is 35.9 Å². The van der Waals surface area contributed by atoms with Crippen molar-refractivity contribution in [2.24, 2.45) is 5.73 Å². The average molecular weight is 492 g/mol. The van der Waals surface area contributed by atoms with Gasteiger partial charge in [0, 0.05) is 23.9 Å². The van der Waals surface area contributed by atoms with Gasteiger partial charge in [-0.15, -0.1) is 0 Å². The van der Waals surface area contributed by atoms with Crippen LogP contribution in [0, 0.1) is 0 Å². The van der Waals surface area contributed by atoms with Crippen LogP contribution in [0.15, 0.2) is 42.6 Å². The SMILES string of the molecule is CCc1ccnc(NC(=O)c2ccc(-c3nc([C@@H]4CCCCCN4C(=O)O)n(N)c3C(N)=O)cc2)c1. The van der Waals surface area contributed by atoms with Gasteiger partial charge in [-0.2, -0.15) is 0 Å². The molecule has 36 heavy (non-hydrogen) atoms. The first-order valence-corrected chi connectivity index (χ1v) is 11.8. The van der Waals surface area contributed by atoms with Crippen molar-refractivity contribution in [1.82, 2.24) is 19.5 Å². The van der Waals surface area contributed by atoms with Gasteiger partial charge in [0.1, 0.15) is 11.5 Å². The number of benzene rings is 1. The Morgan fingerprint density at radius 1 is 1.14 bits per heavy atom. The van der Waals surface area contributed by atoms with Gasteiger partial charge < -0.3 is 22.0 Å². The van der Waals surface area contributed by atoms with Gasteiger partial charge in [-0.1, -0.05) is 31.9 Å². The van der Waals surface area contributed by atoms with Crippen molar-refractivity contribution in [2.75, 3.05) is 17.7 Å². The van der Waals surface area contributed by atoms with E-state index in [0.29, 0.717) is 29.9 Å². The fourth-order valence-electron chi connectivity index (χ4n) is 4.46.